The van der Waals surface area contributed by atoms with Crippen molar-refractivity contribution < 1.29 is 28.7 Å². The van der Waals surface area contributed by atoms with Crippen LogP contribution in [-0.2, 0) is 16.1 Å². The predicted molar refractivity (Wildman–Crippen MR) is 99.8 cm³/mol. The third-order valence-electron chi connectivity index (χ3n) is 4.01. The maximum atomic E-state index is 12.4. The summed E-state index contributed by atoms with van der Waals surface area (Å²) < 4.78 is 16.0. The molecular formula is C18H18N2O7S. The van der Waals surface area contributed by atoms with E-state index in [1.54, 1.807) is 6.07 Å². The first-order chi connectivity index (χ1) is 13.5. The summed E-state index contributed by atoms with van der Waals surface area (Å²) in [5, 5.41) is 10.5. The molecule has 10 heteroatoms. The van der Waals surface area contributed by atoms with Gasteiger partial charge in [-0.3, -0.25) is 14.9 Å². The maximum Gasteiger partial charge on any atom is 0.349 e. The van der Waals surface area contributed by atoms with Gasteiger partial charge in [-0.1, -0.05) is 17.4 Å². The summed E-state index contributed by atoms with van der Waals surface area (Å²) in [5.41, 5.74) is 0.861. The van der Waals surface area contributed by atoms with Crippen LogP contribution in [0.4, 0.5) is 5.00 Å². The second kappa shape index (κ2) is 8.70. The van der Waals surface area contributed by atoms with Gasteiger partial charge >= 0.3 is 11.0 Å². The lowest BCUT2D eigenvalue weighted by Gasteiger charge is -2.23. The highest BCUT2D eigenvalue weighted by Crippen LogP contribution is 2.31. The molecule has 148 valence electrons. The van der Waals surface area contributed by atoms with Gasteiger partial charge in [-0.25, -0.2) is 4.79 Å². The first-order valence-corrected chi connectivity index (χ1v) is 9.37. The number of nitrogens with zero attached hydrogens (tertiary/aromatic N) is 2. The van der Waals surface area contributed by atoms with Crippen LogP contribution in [0.15, 0.2) is 30.3 Å². The van der Waals surface area contributed by atoms with Gasteiger partial charge in [-0.05, 0) is 30.7 Å². The fraction of sp³-hybridized carbons (Fsp3) is 0.333. The summed E-state index contributed by atoms with van der Waals surface area (Å²) in [7, 11) is 0. The Balaban J connectivity index is 1.57. The van der Waals surface area contributed by atoms with Crippen LogP contribution < -0.4 is 9.47 Å². The average molecular weight is 406 g/mol. The number of hydrogen-bond donors (Lipinski definition) is 0. The Morgan fingerprint density at radius 3 is 2.64 bits per heavy atom. The number of hydrogen-bond acceptors (Lipinski definition) is 8. The van der Waals surface area contributed by atoms with E-state index in [1.165, 1.54) is 17.0 Å². The zero-order valence-electron chi connectivity index (χ0n) is 15.1. The third-order valence-corrected chi connectivity index (χ3v) is 5.03. The number of benzene rings is 1. The van der Waals surface area contributed by atoms with Crippen LogP contribution in [0.2, 0.25) is 0 Å². The topological polar surface area (TPSA) is 108 Å². The van der Waals surface area contributed by atoms with Crippen LogP contribution in [0, 0.1) is 10.1 Å². The van der Waals surface area contributed by atoms with Gasteiger partial charge in [0.1, 0.15) is 18.1 Å². The number of fused-ring (bicyclic) bond motifs is 1. The van der Waals surface area contributed by atoms with E-state index in [9.17, 15) is 19.7 Å². The summed E-state index contributed by atoms with van der Waals surface area (Å²) in [4.78, 5) is 36.1. The molecular weight excluding hydrogens is 388 g/mol. The first-order valence-electron chi connectivity index (χ1n) is 8.55. The van der Waals surface area contributed by atoms with Crippen molar-refractivity contribution in [3.05, 3.63) is 50.9 Å². The van der Waals surface area contributed by atoms with Gasteiger partial charge in [0.05, 0.1) is 4.92 Å². The highest BCUT2D eigenvalue weighted by atomic mass is 32.1. The number of thiophene rings is 1. The number of ether oxygens (including phenoxy) is 3. The van der Waals surface area contributed by atoms with Crippen LogP contribution >= 0.6 is 11.3 Å². The third kappa shape index (κ3) is 4.58. The Labute approximate surface area is 164 Å². The molecule has 0 unspecified atom stereocenters. The van der Waals surface area contributed by atoms with Crippen LogP contribution in [0.3, 0.4) is 0 Å². The highest BCUT2D eigenvalue weighted by molar-refractivity contribution is 7.17. The fourth-order valence-corrected chi connectivity index (χ4v) is 3.32. The summed E-state index contributed by atoms with van der Waals surface area (Å²) in [6.07, 6.45) is 0. The molecule has 1 amide bonds. The molecule has 2 heterocycles. The van der Waals surface area contributed by atoms with E-state index in [1.807, 2.05) is 19.1 Å². The SMILES string of the molecule is CCN(Cc1ccc2c(c1)OCCO2)C(=O)COC(=O)c1ccc([N+](=O)[O-])s1. The van der Waals surface area contributed by atoms with E-state index in [2.05, 4.69) is 0 Å². The number of carbonyl (C=O) groups is 2. The monoisotopic (exact) mass is 406 g/mol. The number of carbonyl (C=O) groups excluding carboxylic acids is 2. The molecule has 0 aliphatic carbocycles. The van der Waals surface area contributed by atoms with Gasteiger partial charge in [0.25, 0.3) is 5.91 Å². The molecule has 1 aromatic heterocycles. The quantitative estimate of drug-likeness (QED) is 0.395. The van der Waals surface area contributed by atoms with Gasteiger partial charge < -0.3 is 19.1 Å². The Morgan fingerprint density at radius 1 is 1.21 bits per heavy atom. The maximum absolute atomic E-state index is 12.4. The molecule has 1 aliphatic heterocycles. The Hall–Kier alpha value is -3.14. The molecule has 1 aliphatic rings. The minimum atomic E-state index is -0.762. The molecule has 3 rings (SSSR count). The smallest absolute Gasteiger partial charge is 0.349 e. The number of rotatable bonds is 7. The van der Waals surface area contributed by atoms with Gasteiger partial charge in [0, 0.05) is 19.2 Å². The molecule has 1 aromatic carbocycles. The van der Waals surface area contributed by atoms with Gasteiger partial charge in [0.15, 0.2) is 18.1 Å². The normalized spacial score (nSPS) is 12.3. The fourth-order valence-electron chi connectivity index (χ4n) is 2.61. The molecule has 9 nitrogen and oxygen atoms in total. The predicted octanol–water partition coefficient (Wildman–Crippen LogP) is 2.63. The average Bonchev–Trinajstić information content (AvgIpc) is 3.20. The van der Waals surface area contributed by atoms with Crippen molar-refractivity contribution in [1.82, 2.24) is 4.90 Å². The van der Waals surface area contributed by atoms with Gasteiger partial charge in [-0.2, -0.15) is 0 Å². The minimum absolute atomic E-state index is 0.0781. The lowest BCUT2D eigenvalue weighted by atomic mass is 10.2. The molecule has 0 saturated carbocycles. The van der Waals surface area contributed by atoms with Crippen molar-refractivity contribution in [2.45, 2.75) is 13.5 Å². The second-order valence-electron chi connectivity index (χ2n) is 5.86. The zero-order chi connectivity index (χ0) is 20.1. The molecule has 0 radical (unpaired) electrons. The molecule has 0 spiro atoms. The summed E-state index contributed by atoms with van der Waals surface area (Å²) >= 11 is 0.706. The number of amides is 1. The van der Waals surface area contributed by atoms with E-state index in [4.69, 9.17) is 14.2 Å². The molecule has 0 atom stereocenters. The molecule has 28 heavy (non-hydrogen) atoms. The van der Waals surface area contributed by atoms with Crippen molar-refractivity contribution in [2.75, 3.05) is 26.4 Å². The summed E-state index contributed by atoms with van der Waals surface area (Å²) in [5.74, 6) is 0.181. The van der Waals surface area contributed by atoms with Gasteiger partial charge in [-0.15, -0.1) is 0 Å². The summed E-state index contributed by atoms with van der Waals surface area (Å²) in [6.45, 7) is 3.11. The number of esters is 1. The molecule has 0 saturated heterocycles. The Morgan fingerprint density at radius 2 is 1.96 bits per heavy atom. The first kappa shape index (κ1) is 19.6. The van der Waals surface area contributed by atoms with Crippen molar-refractivity contribution in [3.63, 3.8) is 0 Å². The standard InChI is InChI=1S/C18H18N2O7S/c1-2-19(10-12-3-4-13-14(9-12)26-8-7-25-13)16(21)11-27-18(22)15-5-6-17(28-15)20(23)24/h3-6,9H,2,7-8,10-11H2,1H3. The van der Waals surface area contributed by atoms with Crippen molar-refractivity contribution in [3.8, 4) is 11.5 Å². The number of likely N-dealkylation sites (N-methyl/N-ethyl adjacent to an activating group) is 1. The lowest BCUT2D eigenvalue weighted by Crippen LogP contribution is -2.34. The molecule has 0 bridgehead atoms. The Bertz CT molecular complexity index is 896. The van der Waals surface area contributed by atoms with Crippen molar-refractivity contribution in [2.24, 2.45) is 0 Å². The van der Waals surface area contributed by atoms with Crippen molar-refractivity contribution >= 4 is 28.2 Å². The van der Waals surface area contributed by atoms with Gasteiger partial charge in [0.2, 0.25) is 0 Å². The van der Waals surface area contributed by atoms with Crippen LogP contribution in [0.25, 0.3) is 0 Å². The number of nitro groups is 1. The summed E-state index contributed by atoms with van der Waals surface area (Å²) in [6, 6.07) is 8.00. The van der Waals surface area contributed by atoms with Crippen LogP contribution in [0.5, 0.6) is 11.5 Å². The van der Waals surface area contributed by atoms with E-state index in [-0.39, 0.29) is 15.8 Å². The lowest BCUT2D eigenvalue weighted by molar-refractivity contribution is -0.380. The largest absolute Gasteiger partial charge is 0.486 e. The van der Waals surface area contributed by atoms with E-state index in [0.29, 0.717) is 49.1 Å². The van der Waals surface area contributed by atoms with E-state index < -0.39 is 17.5 Å². The second-order valence-corrected chi connectivity index (χ2v) is 6.92. The highest BCUT2D eigenvalue weighted by Gasteiger charge is 2.20. The molecule has 2 aromatic rings. The van der Waals surface area contributed by atoms with Crippen LogP contribution in [-0.4, -0.2) is 48.1 Å². The Kier molecular flexibility index (Phi) is 6.09. The zero-order valence-corrected chi connectivity index (χ0v) is 15.9. The van der Waals surface area contributed by atoms with E-state index >= 15 is 0 Å². The van der Waals surface area contributed by atoms with E-state index in [0.717, 1.165) is 5.56 Å². The minimum Gasteiger partial charge on any atom is -0.486 e. The van der Waals surface area contributed by atoms with Crippen LogP contribution in [0.1, 0.15) is 22.2 Å². The van der Waals surface area contributed by atoms with Crippen molar-refractivity contribution in [1.29, 1.82) is 0 Å². The molecule has 0 fully saturated rings. The molecule has 0 N–H and O–H groups in total.